The first-order chi connectivity index (χ1) is 18.3. The summed E-state index contributed by atoms with van der Waals surface area (Å²) in [5, 5.41) is 11.1. The highest BCUT2D eigenvalue weighted by Gasteiger charge is 2.29. The van der Waals surface area contributed by atoms with Crippen molar-refractivity contribution in [2.75, 3.05) is 38.0 Å². The normalized spacial score (nSPS) is 20.3. The van der Waals surface area contributed by atoms with Gasteiger partial charge in [-0.2, -0.15) is 0 Å². The maximum Gasteiger partial charge on any atom is 0.261 e. The Kier molecular flexibility index (Phi) is 8.00. The van der Waals surface area contributed by atoms with Crippen LogP contribution < -0.4 is 16.0 Å². The van der Waals surface area contributed by atoms with Crippen molar-refractivity contribution in [1.82, 2.24) is 20.5 Å². The van der Waals surface area contributed by atoms with Crippen molar-refractivity contribution < 1.29 is 4.79 Å². The Morgan fingerprint density at radius 3 is 2.82 bits per heavy atom. The van der Waals surface area contributed by atoms with Crippen molar-refractivity contribution in [2.24, 2.45) is 16.3 Å². The van der Waals surface area contributed by atoms with Gasteiger partial charge in [0.25, 0.3) is 5.91 Å². The van der Waals surface area contributed by atoms with E-state index in [2.05, 4.69) is 54.6 Å². The summed E-state index contributed by atoms with van der Waals surface area (Å²) < 4.78 is 0. The minimum absolute atomic E-state index is 0.0538. The second kappa shape index (κ2) is 11.4. The molecule has 1 amide bonds. The molecular weight excluding hydrogens is 492 g/mol. The van der Waals surface area contributed by atoms with E-state index in [-0.39, 0.29) is 5.91 Å². The van der Waals surface area contributed by atoms with E-state index in [0.717, 1.165) is 54.3 Å². The van der Waals surface area contributed by atoms with Crippen molar-refractivity contribution in [3.63, 3.8) is 0 Å². The van der Waals surface area contributed by atoms with Crippen molar-refractivity contribution in [3.8, 4) is 0 Å². The molecule has 2 aromatic heterocycles. The van der Waals surface area contributed by atoms with E-state index in [4.69, 9.17) is 9.98 Å². The molecule has 202 valence electrons. The Morgan fingerprint density at radius 1 is 1.24 bits per heavy atom. The number of carbonyl (C=O) groups is 1. The molecule has 2 aliphatic rings. The molecule has 0 saturated carbocycles. The van der Waals surface area contributed by atoms with Gasteiger partial charge in [-0.25, -0.2) is 4.98 Å². The monoisotopic (exact) mass is 532 g/mol. The van der Waals surface area contributed by atoms with Crippen molar-refractivity contribution in [3.05, 3.63) is 58.6 Å². The number of aromatic nitrogens is 1. The van der Waals surface area contributed by atoms with Crippen LogP contribution in [0, 0.1) is 11.3 Å². The standard InChI is InChI=1S/C30H40N6OS/c1-20-19-31-14-15-36(20)29(34-24-8-6-5-7-9-24)33-13-12-32-27(37)26-18-22-16-21-17-23(30(2,3)4)10-11-25(21)35-28(22)38-26/h5-9,16,18,20,23,31H,10-15,17,19H2,1-4H3,(H,32,37)(H,33,34). The number of hydrogen-bond donors (Lipinski definition) is 3. The summed E-state index contributed by atoms with van der Waals surface area (Å²) in [7, 11) is 0. The van der Waals surface area contributed by atoms with Crippen LogP contribution >= 0.6 is 11.3 Å². The summed E-state index contributed by atoms with van der Waals surface area (Å²) in [6.45, 7) is 12.9. The van der Waals surface area contributed by atoms with Gasteiger partial charge < -0.3 is 20.9 Å². The summed E-state index contributed by atoms with van der Waals surface area (Å²) in [4.78, 5) is 26.8. The summed E-state index contributed by atoms with van der Waals surface area (Å²) in [6.07, 6.45) is 3.28. The summed E-state index contributed by atoms with van der Waals surface area (Å²) in [5.74, 6) is 1.47. The molecule has 1 fully saturated rings. The largest absolute Gasteiger partial charge is 0.349 e. The Hall–Kier alpha value is -2.97. The zero-order valence-corrected chi connectivity index (χ0v) is 23.8. The van der Waals surface area contributed by atoms with Crippen LogP contribution in [0.15, 0.2) is 47.5 Å². The average Bonchev–Trinajstić information content (AvgIpc) is 3.32. The van der Waals surface area contributed by atoms with Crippen LogP contribution in [0.3, 0.4) is 0 Å². The lowest BCUT2D eigenvalue weighted by atomic mass is 9.71. The Balaban J connectivity index is 1.23. The van der Waals surface area contributed by atoms with E-state index in [1.54, 1.807) is 0 Å². The first kappa shape index (κ1) is 26.6. The molecule has 2 unspecified atom stereocenters. The average molecular weight is 533 g/mol. The zero-order valence-electron chi connectivity index (χ0n) is 23.0. The van der Waals surface area contributed by atoms with Crippen LogP contribution in [-0.2, 0) is 12.8 Å². The number of aliphatic imine (C=N–C) groups is 1. The Morgan fingerprint density at radius 2 is 2.05 bits per heavy atom. The van der Waals surface area contributed by atoms with Crippen LogP contribution in [0.4, 0.5) is 5.69 Å². The number of pyridine rings is 1. The Labute approximate surface area is 230 Å². The molecule has 1 saturated heterocycles. The number of benzene rings is 1. The SMILES string of the molecule is CC1CNCCN1C(=NCCNC(=O)c1cc2cc3c(nc2s1)CCC(C(C)(C)C)C3)Nc1ccccc1. The predicted molar refractivity (Wildman–Crippen MR) is 158 cm³/mol. The van der Waals surface area contributed by atoms with Gasteiger partial charge in [0.1, 0.15) is 4.83 Å². The highest BCUT2D eigenvalue weighted by atomic mass is 32.1. The smallest absolute Gasteiger partial charge is 0.261 e. The number of nitrogens with one attached hydrogen (secondary N) is 3. The van der Waals surface area contributed by atoms with E-state index < -0.39 is 0 Å². The number of carbonyl (C=O) groups excluding carboxylic acids is 1. The number of anilines is 1. The predicted octanol–water partition coefficient (Wildman–Crippen LogP) is 4.94. The number of para-hydroxylation sites is 1. The van der Waals surface area contributed by atoms with Gasteiger partial charge in [0, 0.05) is 49.0 Å². The van der Waals surface area contributed by atoms with Gasteiger partial charge in [-0.3, -0.25) is 9.79 Å². The van der Waals surface area contributed by atoms with E-state index in [9.17, 15) is 4.79 Å². The van der Waals surface area contributed by atoms with Gasteiger partial charge in [0.2, 0.25) is 0 Å². The lowest BCUT2D eigenvalue weighted by Gasteiger charge is -2.36. The second-order valence-electron chi connectivity index (χ2n) is 11.6. The molecule has 0 bridgehead atoms. The quantitative estimate of drug-likeness (QED) is 0.246. The summed E-state index contributed by atoms with van der Waals surface area (Å²) in [5.41, 5.74) is 3.87. The van der Waals surface area contributed by atoms with Crippen LogP contribution in [0.2, 0.25) is 0 Å². The molecule has 3 N–H and O–H groups in total. The zero-order chi connectivity index (χ0) is 26.7. The first-order valence-electron chi connectivity index (χ1n) is 13.8. The molecule has 5 rings (SSSR count). The number of rotatable bonds is 5. The number of fused-ring (bicyclic) bond motifs is 2. The van der Waals surface area contributed by atoms with E-state index in [0.29, 0.717) is 35.3 Å². The highest BCUT2D eigenvalue weighted by molar-refractivity contribution is 7.20. The van der Waals surface area contributed by atoms with E-state index in [1.165, 1.54) is 29.0 Å². The molecule has 1 aliphatic heterocycles. The molecule has 38 heavy (non-hydrogen) atoms. The summed E-state index contributed by atoms with van der Waals surface area (Å²) >= 11 is 1.49. The molecule has 1 aromatic carbocycles. The fraction of sp³-hybridized carbons (Fsp3) is 0.500. The first-order valence-corrected chi connectivity index (χ1v) is 14.6. The maximum atomic E-state index is 13.0. The maximum absolute atomic E-state index is 13.0. The number of hydrogen-bond acceptors (Lipinski definition) is 5. The van der Waals surface area contributed by atoms with E-state index in [1.807, 2.05) is 36.4 Å². The molecular formula is C30H40N6OS. The molecule has 2 atom stereocenters. The Bertz CT molecular complexity index is 1300. The van der Waals surface area contributed by atoms with Crippen molar-refractivity contribution in [2.45, 2.75) is 53.0 Å². The number of aryl methyl sites for hydroxylation is 1. The molecule has 7 nitrogen and oxygen atoms in total. The molecule has 0 spiro atoms. The van der Waals surface area contributed by atoms with Crippen LogP contribution in [-0.4, -0.2) is 60.5 Å². The fourth-order valence-corrected chi connectivity index (χ4v) is 6.35. The van der Waals surface area contributed by atoms with Gasteiger partial charge in [-0.15, -0.1) is 11.3 Å². The second-order valence-corrected chi connectivity index (χ2v) is 12.6. The van der Waals surface area contributed by atoms with Gasteiger partial charge in [-0.05, 0) is 67.3 Å². The van der Waals surface area contributed by atoms with Crippen molar-refractivity contribution in [1.29, 1.82) is 0 Å². The minimum Gasteiger partial charge on any atom is -0.349 e. The van der Waals surface area contributed by atoms with Crippen LogP contribution in [0.5, 0.6) is 0 Å². The third-order valence-corrected chi connectivity index (χ3v) is 8.83. The fourth-order valence-electron chi connectivity index (χ4n) is 5.40. The van der Waals surface area contributed by atoms with Gasteiger partial charge in [0.15, 0.2) is 5.96 Å². The third-order valence-electron chi connectivity index (χ3n) is 7.78. The van der Waals surface area contributed by atoms with Gasteiger partial charge in [-0.1, -0.05) is 39.0 Å². The molecule has 8 heteroatoms. The molecule has 3 heterocycles. The lowest BCUT2D eigenvalue weighted by Crippen LogP contribution is -2.54. The minimum atomic E-state index is -0.0538. The number of amides is 1. The summed E-state index contributed by atoms with van der Waals surface area (Å²) in [6, 6.07) is 14.7. The lowest BCUT2D eigenvalue weighted by molar-refractivity contribution is 0.0959. The van der Waals surface area contributed by atoms with Gasteiger partial charge in [0.05, 0.1) is 11.4 Å². The van der Waals surface area contributed by atoms with E-state index >= 15 is 0 Å². The van der Waals surface area contributed by atoms with Crippen LogP contribution in [0.25, 0.3) is 10.2 Å². The molecule has 0 radical (unpaired) electrons. The number of piperazine rings is 1. The van der Waals surface area contributed by atoms with Crippen LogP contribution in [0.1, 0.15) is 55.0 Å². The van der Waals surface area contributed by atoms with Gasteiger partial charge >= 0.3 is 0 Å². The molecule has 3 aromatic rings. The third kappa shape index (κ3) is 6.18. The number of nitrogens with zero attached hydrogens (tertiary/aromatic N) is 3. The number of guanidine groups is 1. The highest BCUT2D eigenvalue weighted by Crippen LogP contribution is 2.38. The van der Waals surface area contributed by atoms with Crippen molar-refractivity contribution >= 4 is 39.1 Å². The topological polar surface area (TPSA) is 81.7 Å². The molecule has 1 aliphatic carbocycles. The number of thiophene rings is 1.